The lowest BCUT2D eigenvalue weighted by atomic mass is 10.1. The number of allylic oxidation sites excluding steroid dienone is 3. The smallest absolute Gasteiger partial charge is 0.124 e. The molecule has 0 bridgehead atoms. The molecule has 0 atom stereocenters. The van der Waals surface area contributed by atoms with Crippen molar-refractivity contribution in [1.82, 2.24) is 5.32 Å². The van der Waals surface area contributed by atoms with Gasteiger partial charge in [-0.1, -0.05) is 18.2 Å². The molecule has 0 aromatic heterocycles. The summed E-state index contributed by atoms with van der Waals surface area (Å²) >= 11 is 3.31. The van der Waals surface area contributed by atoms with E-state index in [2.05, 4.69) is 37.8 Å². The molecule has 1 aromatic rings. The number of aromatic hydroxyl groups is 1. The Hall–Kier alpha value is -3.26. The number of para-hydroxylation sites is 1. The van der Waals surface area contributed by atoms with Gasteiger partial charge in [-0.15, -0.1) is 6.58 Å². The fraction of sp³-hybridized carbons (Fsp3) is 0.143. The van der Waals surface area contributed by atoms with Crippen LogP contribution in [0, 0.1) is 0 Å². The molecule has 0 saturated carbocycles. The highest BCUT2D eigenvalue weighted by molar-refractivity contribution is 9.12. The zero-order chi connectivity index (χ0) is 22.1. The zero-order valence-corrected chi connectivity index (χ0v) is 18.3. The third-order valence-electron chi connectivity index (χ3n) is 2.97. The first-order chi connectivity index (χ1) is 13.9. The van der Waals surface area contributed by atoms with Crippen molar-refractivity contribution < 1.29 is 5.11 Å². The minimum absolute atomic E-state index is 0.0801. The number of hydrogen-bond acceptors (Lipinski definition) is 7. The summed E-state index contributed by atoms with van der Waals surface area (Å²) in [6.45, 7) is 7.51. The largest absolute Gasteiger partial charge is 0.507 e. The van der Waals surface area contributed by atoms with Crippen molar-refractivity contribution in [3.05, 3.63) is 83.0 Å². The molecule has 8 N–H and O–H groups in total. The highest BCUT2D eigenvalue weighted by atomic mass is 79.9. The van der Waals surface area contributed by atoms with E-state index in [1.165, 1.54) is 0 Å². The Kier molecular flexibility index (Phi) is 14.0. The molecule has 1 aromatic carbocycles. The topological polar surface area (TPSA) is 135 Å². The molecule has 29 heavy (non-hydrogen) atoms. The van der Waals surface area contributed by atoms with E-state index in [-0.39, 0.29) is 11.6 Å². The molecule has 8 heteroatoms. The Labute approximate surface area is 180 Å². The van der Waals surface area contributed by atoms with Crippen LogP contribution in [0.5, 0.6) is 5.75 Å². The van der Waals surface area contributed by atoms with E-state index >= 15 is 0 Å². The lowest BCUT2D eigenvalue weighted by molar-refractivity contribution is 0.473. The number of nitrogens with two attached hydrogens (primary N) is 3. The van der Waals surface area contributed by atoms with Crippen molar-refractivity contribution >= 4 is 34.1 Å². The van der Waals surface area contributed by atoms with Crippen LogP contribution in [0.15, 0.2) is 87.5 Å². The van der Waals surface area contributed by atoms with Gasteiger partial charge in [-0.05, 0) is 54.1 Å². The van der Waals surface area contributed by atoms with Gasteiger partial charge in [-0.2, -0.15) is 0 Å². The normalized spacial score (nSPS) is 12.1. The highest BCUT2D eigenvalue weighted by Crippen LogP contribution is 2.21. The molecule has 0 aliphatic heterocycles. The van der Waals surface area contributed by atoms with Crippen LogP contribution in [0.3, 0.4) is 0 Å². The zero-order valence-electron chi connectivity index (χ0n) is 16.7. The Morgan fingerprint density at radius 3 is 2.45 bits per heavy atom. The number of hydrogen-bond donors (Lipinski definition) is 5. The lowest BCUT2D eigenvalue weighted by Gasteiger charge is -2.09. The number of benzene rings is 1. The van der Waals surface area contributed by atoms with Crippen LogP contribution in [0.25, 0.3) is 5.70 Å². The summed E-state index contributed by atoms with van der Waals surface area (Å²) < 4.78 is 0.748. The third kappa shape index (κ3) is 11.9. The molecule has 0 saturated heterocycles. The van der Waals surface area contributed by atoms with Crippen molar-refractivity contribution in [2.24, 2.45) is 27.2 Å². The monoisotopic (exact) mass is 460 g/mol. The number of nitrogens with zero attached hydrogens (tertiary/aromatic N) is 2. The van der Waals surface area contributed by atoms with Gasteiger partial charge in [0, 0.05) is 42.6 Å². The number of phenols is 1. The number of halogens is 1. The van der Waals surface area contributed by atoms with Crippen LogP contribution < -0.4 is 22.5 Å². The maximum Gasteiger partial charge on any atom is 0.124 e. The Balaban J connectivity index is 0.00000245. The van der Waals surface area contributed by atoms with Crippen molar-refractivity contribution in [3.63, 3.8) is 0 Å². The summed E-state index contributed by atoms with van der Waals surface area (Å²) in [6.07, 6.45) is 11.7. The molecule has 0 amide bonds. The van der Waals surface area contributed by atoms with Crippen LogP contribution in [0.2, 0.25) is 0 Å². The second-order valence-corrected chi connectivity index (χ2v) is 6.27. The van der Waals surface area contributed by atoms with E-state index in [1.807, 2.05) is 13.8 Å². The lowest BCUT2D eigenvalue weighted by Crippen LogP contribution is -2.22. The first kappa shape index (κ1) is 25.7. The second-order valence-electron chi connectivity index (χ2n) is 5.36. The Morgan fingerprint density at radius 1 is 1.21 bits per heavy atom. The first-order valence-corrected chi connectivity index (χ1v) is 9.49. The summed E-state index contributed by atoms with van der Waals surface area (Å²) in [5.41, 5.74) is 18.7. The molecule has 0 fully saturated rings. The molecule has 156 valence electrons. The minimum Gasteiger partial charge on any atom is -0.507 e. The average Bonchev–Trinajstić information content (AvgIpc) is 2.68. The van der Waals surface area contributed by atoms with Crippen LogP contribution >= 0.6 is 15.9 Å². The predicted octanol–water partition coefficient (Wildman–Crippen LogP) is 3.47. The van der Waals surface area contributed by atoms with E-state index in [0.29, 0.717) is 23.5 Å². The van der Waals surface area contributed by atoms with Gasteiger partial charge in [0.25, 0.3) is 0 Å². The fourth-order valence-corrected chi connectivity index (χ4v) is 2.00. The molecule has 7 nitrogen and oxygen atoms in total. The summed E-state index contributed by atoms with van der Waals surface area (Å²) in [6, 6.07) is 6.75. The highest BCUT2D eigenvalue weighted by Gasteiger charge is 2.04. The average molecular weight is 461 g/mol. The maximum absolute atomic E-state index is 9.84. The maximum atomic E-state index is 9.84. The van der Waals surface area contributed by atoms with Crippen LogP contribution in [-0.2, 0) is 0 Å². The van der Waals surface area contributed by atoms with Gasteiger partial charge in [-0.25, -0.2) is 0 Å². The number of phenolic OH excluding ortho intramolecular Hbond substituents is 1. The van der Waals surface area contributed by atoms with E-state index in [9.17, 15) is 5.11 Å². The SMILES string of the molecule is C=CC.CC=N/C=C(/Br)C=NC=CCNC(/C=C(\N)c1ccccc1O)=C(N)N. The Morgan fingerprint density at radius 2 is 1.86 bits per heavy atom. The van der Waals surface area contributed by atoms with E-state index in [1.54, 1.807) is 67.3 Å². The van der Waals surface area contributed by atoms with Gasteiger partial charge >= 0.3 is 0 Å². The standard InChI is InChI=1S/C18H23BrN6O.C3H6/c1-2-23-11-13(19)12-24-8-5-9-25-16(18(21)22)10-15(20)14-6-3-4-7-17(14)26;1-3-2/h2-8,10-12,25-26H,9,20-22H2,1H3;3H,1H2,2H3/b8-5?,13-11+,15-10-,23-2?,24-12?;. The minimum atomic E-state index is 0.0801. The summed E-state index contributed by atoms with van der Waals surface area (Å²) in [7, 11) is 0. The summed E-state index contributed by atoms with van der Waals surface area (Å²) in [5, 5.41) is 12.9. The van der Waals surface area contributed by atoms with Crippen LogP contribution in [0.1, 0.15) is 19.4 Å². The van der Waals surface area contributed by atoms with E-state index < -0.39 is 0 Å². The molecular formula is C21H29BrN6O. The number of aliphatic imine (C=N–C) groups is 2. The van der Waals surface area contributed by atoms with Gasteiger partial charge in [0.05, 0.1) is 10.2 Å². The molecule has 0 aliphatic rings. The van der Waals surface area contributed by atoms with Gasteiger partial charge in [0.2, 0.25) is 0 Å². The van der Waals surface area contributed by atoms with Crippen LogP contribution in [0.4, 0.5) is 0 Å². The molecule has 0 heterocycles. The van der Waals surface area contributed by atoms with Gasteiger partial charge in [0.15, 0.2) is 0 Å². The fourth-order valence-electron chi connectivity index (χ4n) is 1.76. The molecule has 0 spiro atoms. The van der Waals surface area contributed by atoms with Gasteiger partial charge in [-0.3, -0.25) is 9.98 Å². The van der Waals surface area contributed by atoms with Crippen LogP contribution in [-0.4, -0.2) is 24.1 Å². The van der Waals surface area contributed by atoms with E-state index in [0.717, 1.165) is 4.48 Å². The van der Waals surface area contributed by atoms with Gasteiger partial charge in [0.1, 0.15) is 11.6 Å². The number of rotatable bonds is 8. The van der Waals surface area contributed by atoms with E-state index in [4.69, 9.17) is 17.2 Å². The molecule has 0 radical (unpaired) electrons. The molecule has 0 aliphatic carbocycles. The molecular weight excluding hydrogens is 432 g/mol. The van der Waals surface area contributed by atoms with Crippen molar-refractivity contribution in [2.45, 2.75) is 13.8 Å². The quantitative estimate of drug-likeness (QED) is 0.230. The molecule has 0 unspecified atom stereocenters. The molecule has 1 rings (SSSR count). The third-order valence-corrected chi connectivity index (χ3v) is 3.38. The predicted molar refractivity (Wildman–Crippen MR) is 128 cm³/mol. The van der Waals surface area contributed by atoms with Gasteiger partial charge < -0.3 is 27.6 Å². The summed E-state index contributed by atoms with van der Waals surface area (Å²) in [5.74, 6) is 0.167. The summed E-state index contributed by atoms with van der Waals surface area (Å²) in [4.78, 5) is 8.06. The number of nitrogens with one attached hydrogen (secondary N) is 1. The first-order valence-electron chi connectivity index (χ1n) is 8.70. The second kappa shape index (κ2) is 15.8. The van der Waals surface area contributed by atoms with Crippen molar-refractivity contribution in [3.8, 4) is 5.75 Å². The van der Waals surface area contributed by atoms with Crippen molar-refractivity contribution in [2.75, 3.05) is 6.54 Å². The Bertz CT molecular complexity index is 818. The van der Waals surface area contributed by atoms with Crippen molar-refractivity contribution in [1.29, 1.82) is 0 Å².